The van der Waals surface area contributed by atoms with Gasteiger partial charge in [-0.3, -0.25) is 4.90 Å². The fraction of sp³-hybridized carbons (Fsp3) is 1.00. The van der Waals surface area contributed by atoms with Gasteiger partial charge in [-0.2, -0.15) is 0 Å². The molecule has 2 rings (SSSR count). The van der Waals surface area contributed by atoms with Gasteiger partial charge in [0, 0.05) is 25.2 Å². The van der Waals surface area contributed by atoms with Crippen LogP contribution in [0.15, 0.2) is 0 Å². The van der Waals surface area contributed by atoms with Gasteiger partial charge in [-0.15, -0.1) is 0 Å². The van der Waals surface area contributed by atoms with Crippen LogP contribution in [-0.2, 0) is 0 Å². The zero-order valence-corrected chi connectivity index (χ0v) is 11.8. The molecular formula is C14H29N3. The van der Waals surface area contributed by atoms with Crippen LogP contribution in [0.4, 0.5) is 0 Å². The first-order valence-electron chi connectivity index (χ1n) is 7.31. The molecule has 0 aromatic heterocycles. The van der Waals surface area contributed by atoms with Gasteiger partial charge < -0.3 is 10.2 Å². The monoisotopic (exact) mass is 239 g/mol. The Morgan fingerprint density at radius 3 is 2.82 bits per heavy atom. The SMILES string of the molecule is CC1CC(CN2CCCN(C)CC2C)CCN1. The van der Waals surface area contributed by atoms with Gasteiger partial charge >= 0.3 is 0 Å². The molecule has 3 unspecified atom stereocenters. The van der Waals surface area contributed by atoms with Crippen molar-refractivity contribution >= 4 is 0 Å². The minimum absolute atomic E-state index is 0.721. The average molecular weight is 239 g/mol. The summed E-state index contributed by atoms with van der Waals surface area (Å²) in [6, 6.07) is 1.45. The smallest absolute Gasteiger partial charge is 0.0194 e. The quantitative estimate of drug-likeness (QED) is 0.786. The summed E-state index contributed by atoms with van der Waals surface area (Å²) in [4.78, 5) is 5.21. The Bertz CT molecular complexity index is 232. The van der Waals surface area contributed by atoms with Crippen molar-refractivity contribution in [2.75, 3.05) is 39.8 Å². The third-order valence-corrected chi connectivity index (χ3v) is 4.41. The number of rotatable bonds is 2. The van der Waals surface area contributed by atoms with Crippen molar-refractivity contribution < 1.29 is 0 Å². The molecule has 2 aliphatic heterocycles. The Labute approximate surface area is 107 Å². The van der Waals surface area contributed by atoms with Crippen LogP contribution in [0.1, 0.15) is 33.1 Å². The van der Waals surface area contributed by atoms with Gasteiger partial charge in [-0.25, -0.2) is 0 Å². The summed E-state index contributed by atoms with van der Waals surface area (Å²) in [6.45, 7) is 11.1. The molecule has 0 aromatic carbocycles. The summed E-state index contributed by atoms with van der Waals surface area (Å²) in [5.74, 6) is 0.914. The van der Waals surface area contributed by atoms with Crippen molar-refractivity contribution in [2.45, 2.75) is 45.2 Å². The van der Waals surface area contributed by atoms with Crippen LogP contribution >= 0.6 is 0 Å². The van der Waals surface area contributed by atoms with E-state index in [1.165, 1.54) is 52.0 Å². The predicted octanol–water partition coefficient (Wildman–Crippen LogP) is 1.40. The number of likely N-dealkylation sites (N-methyl/N-ethyl adjacent to an activating group) is 1. The van der Waals surface area contributed by atoms with Crippen molar-refractivity contribution in [3.8, 4) is 0 Å². The fourth-order valence-electron chi connectivity index (χ4n) is 3.43. The Balaban J connectivity index is 1.84. The van der Waals surface area contributed by atoms with E-state index in [1.807, 2.05) is 0 Å². The summed E-state index contributed by atoms with van der Waals surface area (Å²) in [7, 11) is 2.26. The molecule has 2 fully saturated rings. The maximum absolute atomic E-state index is 3.55. The average Bonchev–Trinajstić information content (AvgIpc) is 2.41. The number of piperidine rings is 1. The second-order valence-electron chi connectivity index (χ2n) is 6.21. The van der Waals surface area contributed by atoms with Crippen LogP contribution in [-0.4, -0.2) is 61.7 Å². The molecule has 0 aromatic rings. The van der Waals surface area contributed by atoms with E-state index in [0.717, 1.165) is 18.0 Å². The third-order valence-electron chi connectivity index (χ3n) is 4.41. The standard InChI is InChI=1S/C14H29N3/c1-12-9-14(5-6-15-12)11-17-8-4-7-16(3)10-13(17)2/h12-15H,4-11H2,1-3H3. The van der Waals surface area contributed by atoms with E-state index in [4.69, 9.17) is 0 Å². The van der Waals surface area contributed by atoms with Crippen LogP contribution in [0.2, 0.25) is 0 Å². The van der Waals surface area contributed by atoms with Gasteiger partial charge in [0.2, 0.25) is 0 Å². The third kappa shape index (κ3) is 3.94. The summed E-state index contributed by atoms with van der Waals surface area (Å²) < 4.78 is 0. The second-order valence-corrected chi connectivity index (χ2v) is 6.21. The summed E-state index contributed by atoms with van der Waals surface area (Å²) >= 11 is 0. The highest BCUT2D eigenvalue weighted by Crippen LogP contribution is 2.20. The largest absolute Gasteiger partial charge is 0.314 e. The number of nitrogens with zero attached hydrogens (tertiary/aromatic N) is 2. The van der Waals surface area contributed by atoms with Gasteiger partial charge in [0.1, 0.15) is 0 Å². The molecule has 0 spiro atoms. The number of hydrogen-bond donors (Lipinski definition) is 1. The van der Waals surface area contributed by atoms with E-state index in [2.05, 4.69) is 36.0 Å². The van der Waals surface area contributed by atoms with Gasteiger partial charge in [-0.1, -0.05) is 0 Å². The molecule has 0 bridgehead atoms. The van der Waals surface area contributed by atoms with Crippen molar-refractivity contribution in [1.82, 2.24) is 15.1 Å². The molecule has 0 amide bonds. The minimum Gasteiger partial charge on any atom is -0.314 e. The highest BCUT2D eigenvalue weighted by molar-refractivity contribution is 4.81. The topological polar surface area (TPSA) is 18.5 Å². The molecule has 2 saturated heterocycles. The molecule has 0 aliphatic carbocycles. The van der Waals surface area contributed by atoms with Crippen molar-refractivity contribution in [3.05, 3.63) is 0 Å². The maximum Gasteiger partial charge on any atom is 0.0194 e. The molecule has 17 heavy (non-hydrogen) atoms. The molecular weight excluding hydrogens is 210 g/mol. The molecule has 3 heteroatoms. The molecule has 1 N–H and O–H groups in total. The Hall–Kier alpha value is -0.120. The minimum atomic E-state index is 0.721. The zero-order chi connectivity index (χ0) is 12.3. The van der Waals surface area contributed by atoms with Gasteiger partial charge in [-0.05, 0) is 65.7 Å². The lowest BCUT2D eigenvalue weighted by Crippen LogP contribution is -2.44. The Kier molecular flexibility index (Phi) is 4.83. The molecule has 2 aliphatic rings. The van der Waals surface area contributed by atoms with E-state index in [1.54, 1.807) is 0 Å². The van der Waals surface area contributed by atoms with Crippen LogP contribution in [0.3, 0.4) is 0 Å². The van der Waals surface area contributed by atoms with E-state index < -0.39 is 0 Å². The summed E-state index contributed by atoms with van der Waals surface area (Å²) in [5, 5.41) is 3.55. The zero-order valence-electron chi connectivity index (χ0n) is 11.8. The van der Waals surface area contributed by atoms with Crippen LogP contribution in [0, 0.1) is 5.92 Å². The molecule has 3 nitrogen and oxygen atoms in total. The lowest BCUT2D eigenvalue weighted by atomic mass is 9.92. The van der Waals surface area contributed by atoms with Crippen molar-refractivity contribution in [3.63, 3.8) is 0 Å². The van der Waals surface area contributed by atoms with Crippen LogP contribution < -0.4 is 5.32 Å². The summed E-state index contributed by atoms with van der Waals surface area (Å²) in [5.41, 5.74) is 0. The summed E-state index contributed by atoms with van der Waals surface area (Å²) in [6.07, 6.45) is 4.06. The molecule has 2 heterocycles. The Morgan fingerprint density at radius 2 is 2.06 bits per heavy atom. The predicted molar refractivity (Wildman–Crippen MR) is 73.3 cm³/mol. The van der Waals surface area contributed by atoms with Gasteiger partial charge in [0.15, 0.2) is 0 Å². The van der Waals surface area contributed by atoms with E-state index in [9.17, 15) is 0 Å². The lowest BCUT2D eigenvalue weighted by molar-refractivity contribution is 0.151. The Morgan fingerprint density at radius 1 is 1.24 bits per heavy atom. The number of hydrogen-bond acceptors (Lipinski definition) is 3. The lowest BCUT2D eigenvalue weighted by Gasteiger charge is -2.35. The number of nitrogens with one attached hydrogen (secondary N) is 1. The fourth-order valence-corrected chi connectivity index (χ4v) is 3.43. The highest BCUT2D eigenvalue weighted by Gasteiger charge is 2.25. The second kappa shape index (κ2) is 6.17. The van der Waals surface area contributed by atoms with E-state index in [0.29, 0.717) is 0 Å². The normalized spacial score (nSPS) is 37.9. The first-order valence-corrected chi connectivity index (χ1v) is 7.31. The van der Waals surface area contributed by atoms with Crippen molar-refractivity contribution in [2.24, 2.45) is 5.92 Å². The van der Waals surface area contributed by atoms with Crippen LogP contribution in [0.25, 0.3) is 0 Å². The maximum atomic E-state index is 3.55. The molecule has 0 saturated carbocycles. The molecule has 3 atom stereocenters. The van der Waals surface area contributed by atoms with Gasteiger partial charge in [0.05, 0.1) is 0 Å². The highest BCUT2D eigenvalue weighted by atomic mass is 15.2. The molecule has 0 radical (unpaired) electrons. The van der Waals surface area contributed by atoms with E-state index in [-0.39, 0.29) is 0 Å². The first kappa shape index (κ1) is 13.3. The molecule has 100 valence electrons. The first-order chi connectivity index (χ1) is 8.15. The van der Waals surface area contributed by atoms with Crippen molar-refractivity contribution in [1.29, 1.82) is 0 Å². The van der Waals surface area contributed by atoms with Gasteiger partial charge in [0.25, 0.3) is 0 Å². The van der Waals surface area contributed by atoms with Crippen LogP contribution in [0.5, 0.6) is 0 Å². The van der Waals surface area contributed by atoms with E-state index >= 15 is 0 Å².